The highest BCUT2D eigenvalue weighted by Crippen LogP contribution is 2.51. The molecule has 5 heterocycles. The maximum atomic E-state index is 18.1. The van der Waals surface area contributed by atoms with E-state index < -0.39 is 57.1 Å². The highest BCUT2D eigenvalue weighted by atomic mass is 35.5. The number of anilines is 3. The van der Waals surface area contributed by atoms with Crippen LogP contribution in [0.3, 0.4) is 0 Å². The van der Waals surface area contributed by atoms with Gasteiger partial charge in [0, 0.05) is 57.6 Å². The third kappa shape index (κ3) is 11.6. The Hall–Kier alpha value is -6.70. The Morgan fingerprint density at radius 1 is 0.917 bits per heavy atom. The summed E-state index contributed by atoms with van der Waals surface area (Å²) in [5.74, 6) is 0.374. The highest BCUT2D eigenvalue weighted by molar-refractivity contribution is 6.36. The first kappa shape index (κ1) is 51.6. The molecule has 0 unspecified atom stereocenters. The van der Waals surface area contributed by atoms with Crippen LogP contribution in [0.25, 0.3) is 22.2 Å². The molecule has 0 saturated carbocycles. The number of methoxy groups -OCH3 is 2. The second-order valence-corrected chi connectivity index (χ2v) is 19.1. The highest BCUT2D eigenvalue weighted by Gasteiger charge is 2.41. The topological polar surface area (TPSA) is 140 Å². The molecule has 3 aromatic heterocycles. The number of alkyl halides is 3. The summed E-state index contributed by atoms with van der Waals surface area (Å²) in [7, 11) is 5.16. The molecule has 1 fully saturated rings. The normalized spacial score (nSPS) is 14.9. The molecule has 382 valence electrons. The van der Waals surface area contributed by atoms with Gasteiger partial charge in [0.15, 0.2) is 11.6 Å². The lowest BCUT2D eigenvalue weighted by Crippen LogP contribution is -2.45. The van der Waals surface area contributed by atoms with Crippen molar-refractivity contribution in [1.82, 2.24) is 29.7 Å². The summed E-state index contributed by atoms with van der Waals surface area (Å²) in [5.41, 5.74) is -1.86. The standard InChI is InChI=1S/C52H58ClF4N9O6/c1-31-28-38(65(29-33-11-15-35(68-7)16-12-33)30-34-13-17-36(69-8)18-14-34)59-44(41(31)52(55,56)57)39-42(53)46-40-45(43(39)54)60-49(71-26-24-64-22-20-63(6)21-23-64)62-48(40)66(25-27-70-46)32(2)37-10-9-19-58-47(37)61-50(67)72-51(3,4)5/h9-19,28,32H,20-27,29-30H2,1-8H3,(H,58,61,67)/t32-/m1/s1. The van der Waals surface area contributed by atoms with Crippen molar-refractivity contribution in [3.05, 3.63) is 112 Å². The summed E-state index contributed by atoms with van der Waals surface area (Å²) < 4.78 is 93.7. The molecule has 1 atom stereocenters. The van der Waals surface area contributed by atoms with Gasteiger partial charge in [-0.05, 0) is 94.8 Å². The number of amides is 1. The minimum absolute atomic E-state index is 0.00429. The van der Waals surface area contributed by atoms with Crippen LogP contribution in [0.2, 0.25) is 5.02 Å². The summed E-state index contributed by atoms with van der Waals surface area (Å²) in [6, 6.07) is 18.5. The van der Waals surface area contributed by atoms with Crippen molar-refractivity contribution in [2.75, 3.05) is 88.9 Å². The number of piperazine rings is 1. The van der Waals surface area contributed by atoms with Crippen LogP contribution in [0.4, 0.5) is 39.8 Å². The minimum atomic E-state index is -5.02. The van der Waals surface area contributed by atoms with E-state index in [0.717, 1.165) is 37.3 Å². The van der Waals surface area contributed by atoms with Crippen LogP contribution >= 0.6 is 11.6 Å². The van der Waals surface area contributed by atoms with Gasteiger partial charge in [0.05, 0.1) is 54.0 Å². The van der Waals surface area contributed by atoms with Crippen LogP contribution in [0.5, 0.6) is 23.3 Å². The van der Waals surface area contributed by atoms with Crippen LogP contribution in [-0.2, 0) is 24.0 Å². The molecule has 2 aliphatic rings. The van der Waals surface area contributed by atoms with Gasteiger partial charge in [0.1, 0.15) is 53.3 Å². The lowest BCUT2D eigenvalue weighted by atomic mass is 9.98. The van der Waals surface area contributed by atoms with Crippen LogP contribution < -0.4 is 34.1 Å². The van der Waals surface area contributed by atoms with Crippen molar-refractivity contribution in [1.29, 1.82) is 0 Å². The number of carbonyl (C=O) groups is 1. The number of aromatic nitrogens is 4. The van der Waals surface area contributed by atoms with Gasteiger partial charge in [-0.1, -0.05) is 41.9 Å². The Morgan fingerprint density at radius 3 is 2.15 bits per heavy atom. The smallest absolute Gasteiger partial charge is 0.418 e. The number of carbonyl (C=O) groups excluding carboxylic acids is 1. The largest absolute Gasteiger partial charge is 0.497 e. The average Bonchev–Trinajstić information content (AvgIpc) is 3.53. The van der Waals surface area contributed by atoms with Crippen LogP contribution in [0.15, 0.2) is 72.9 Å². The third-order valence-electron chi connectivity index (χ3n) is 12.5. The molecular formula is C52H58ClF4N9O6. The summed E-state index contributed by atoms with van der Waals surface area (Å²) in [5, 5.41) is 2.29. The lowest BCUT2D eigenvalue weighted by Gasteiger charge is -2.32. The molecule has 1 amide bonds. The Morgan fingerprint density at radius 2 is 1.56 bits per heavy atom. The molecule has 15 nitrogen and oxygen atoms in total. The number of ether oxygens (including phenoxy) is 5. The average molecular weight is 1020 g/mol. The molecule has 2 aliphatic heterocycles. The summed E-state index contributed by atoms with van der Waals surface area (Å²) in [4.78, 5) is 39.7. The van der Waals surface area contributed by atoms with Crippen LogP contribution in [-0.4, -0.2) is 115 Å². The first-order valence-corrected chi connectivity index (χ1v) is 23.9. The molecule has 8 rings (SSSR count). The number of aryl methyl sites for hydroxylation is 1. The molecule has 72 heavy (non-hydrogen) atoms. The number of hydrogen-bond donors (Lipinski definition) is 1. The van der Waals surface area contributed by atoms with E-state index in [1.807, 2.05) is 31.2 Å². The zero-order chi connectivity index (χ0) is 51.5. The Bertz CT molecular complexity index is 2850. The Kier molecular flexibility index (Phi) is 15.5. The number of hydrogen-bond acceptors (Lipinski definition) is 14. The lowest BCUT2D eigenvalue weighted by molar-refractivity contribution is -0.137. The number of nitrogens with zero attached hydrogens (tertiary/aromatic N) is 8. The van der Waals surface area contributed by atoms with Gasteiger partial charge in [-0.15, -0.1) is 0 Å². The fraction of sp³-hybridized carbons (Fsp3) is 0.404. The first-order chi connectivity index (χ1) is 34.3. The number of rotatable bonds is 15. The van der Waals surface area contributed by atoms with Gasteiger partial charge in [-0.2, -0.15) is 23.1 Å². The van der Waals surface area contributed by atoms with E-state index >= 15 is 17.6 Å². The zero-order valence-electron chi connectivity index (χ0n) is 41.5. The number of nitrogens with one attached hydrogen (secondary N) is 1. The van der Waals surface area contributed by atoms with Gasteiger partial charge >= 0.3 is 18.3 Å². The van der Waals surface area contributed by atoms with Gasteiger partial charge in [0.2, 0.25) is 0 Å². The van der Waals surface area contributed by atoms with Crippen LogP contribution in [0, 0.1) is 12.7 Å². The van der Waals surface area contributed by atoms with E-state index in [1.54, 1.807) is 81.2 Å². The van der Waals surface area contributed by atoms with E-state index in [0.29, 0.717) is 23.6 Å². The predicted octanol–water partition coefficient (Wildman–Crippen LogP) is 10.4. The fourth-order valence-corrected chi connectivity index (χ4v) is 9.14. The van der Waals surface area contributed by atoms with Crippen molar-refractivity contribution in [2.24, 2.45) is 0 Å². The summed E-state index contributed by atoms with van der Waals surface area (Å²) in [6.45, 7) is 12.8. The van der Waals surface area contributed by atoms with Crippen LogP contribution in [0.1, 0.15) is 61.6 Å². The van der Waals surface area contributed by atoms with Gasteiger partial charge < -0.3 is 38.4 Å². The summed E-state index contributed by atoms with van der Waals surface area (Å²) >= 11 is 7.23. The number of pyridine rings is 2. The number of halogens is 5. The number of benzene rings is 3. The molecule has 0 radical (unpaired) electrons. The molecular weight excluding hydrogens is 958 g/mol. The predicted molar refractivity (Wildman–Crippen MR) is 268 cm³/mol. The molecule has 20 heteroatoms. The molecule has 0 bridgehead atoms. The van der Waals surface area contributed by atoms with Crippen molar-refractivity contribution in [3.8, 4) is 34.5 Å². The van der Waals surface area contributed by atoms with E-state index in [2.05, 4.69) is 32.1 Å². The maximum absolute atomic E-state index is 18.1. The van der Waals surface area contributed by atoms with Crippen molar-refractivity contribution < 1.29 is 46.0 Å². The SMILES string of the molecule is COc1ccc(CN(Cc2ccc(OC)cc2)c2cc(C)c(C(F)(F)F)c(-c3c(Cl)c4c5c(nc(OCCN6CCN(C)CC6)nc5c3F)N([C@H](C)c3cccnc3NC(=O)OC(C)(C)C)CCO4)n2)cc1. The molecule has 3 aromatic carbocycles. The summed E-state index contributed by atoms with van der Waals surface area (Å²) in [6.07, 6.45) is -4.22. The molecule has 1 saturated heterocycles. The maximum Gasteiger partial charge on any atom is 0.418 e. The zero-order valence-corrected chi connectivity index (χ0v) is 42.2. The monoisotopic (exact) mass is 1020 g/mol. The Balaban J connectivity index is 1.29. The molecule has 0 spiro atoms. The second-order valence-electron chi connectivity index (χ2n) is 18.7. The van der Waals surface area contributed by atoms with E-state index in [9.17, 15) is 4.79 Å². The van der Waals surface area contributed by atoms with Gasteiger partial charge in [-0.25, -0.2) is 19.2 Å². The quantitative estimate of drug-likeness (QED) is 0.0976. The van der Waals surface area contributed by atoms with E-state index in [1.165, 1.54) is 19.2 Å². The third-order valence-corrected chi connectivity index (χ3v) is 12.9. The van der Waals surface area contributed by atoms with Crippen molar-refractivity contribution in [2.45, 2.75) is 65.5 Å². The minimum Gasteiger partial charge on any atom is -0.497 e. The van der Waals surface area contributed by atoms with E-state index in [-0.39, 0.29) is 73.0 Å². The first-order valence-electron chi connectivity index (χ1n) is 23.5. The second kappa shape index (κ2) is 21.6. The number of likely N-dealkylation sites (N-methyl/N-ethyl adjacent to an activating group) is 1. The fourth-order valence-electron chi connectivity index (χ4n) is 8.82. The van der Waals surface area contributed by atoms with E-state index in [4.69, 9.17) is 45.3 Å². The molecule has 0 aliphatic carbocycles. The van der Waals surface area contributed by atoms with Crippen molar-refractivity contribution >= 4 is 46.1 Å². The van der Waals surface area contributed by atoms with Gasteiger partial charge in [0.25, 0.3) is 0 Å². The molecule has 6 aromatic rings. The Labute approximate surface area is 421 Å². The van der Waals surface area contributed by atoms with Gasteiger partial charge in [-0.3, -0.25) is 10.2 Å². The van der Waals surface area contributed by atoms with Crippen molar-refractivity contribution in [3.63, 3.8) is 0 Å². The molecule has 1 N–H and O–H groups in total.